The van der Waals surface area contributed by atoms with Crippen LogP contribution in [0, 0.1) is 5.92 Å². The molecule has 0 radical (unpaired) electrons. The van der Waals surface area contributed by atoms with Crippen molar-refractivity contribution in [2.75, 3.05) is 24.5 Å². The van der Waals surface area contributed by atoms with E-state index >= 15 is 0 Å². The third-order valence-corrected chi connectivity index (χ3v) is 4.24. The van der Waals surface area contributed by atoms with E-state index in [1.54, 1.807) is 0 Å². The molecule has 106 valence electrons. The van der Waals surface area contributed by atoms with E-state index in [2.05, 4.69) is 65.1 Å². The van der Waals surface area contributed by atoms with Crippen molar-refractivity contribution in [1.29, 1.82) is 0 Å². The van der Waals surface area contributed by atoms with E-state index in [4.69, 9.17) is 0 Å². The summed E-state index contributed by atoms with van der Waals surface area (Å²) in [6.07, 6.45) is 2.44. The van der Waals surface area contributed by atoms with E-state index < -0.39 is 0 Å². The molecular weight excluding hydrogens is 300 g/mol. The Kier molecular flexibility index (Phi) is 5.28. The van der Waals surface area contributed by atoms with Gasteiger partial charge in [-0.25, -0.2) is 0 Å². The molecule has 2 rings (SSSR count). The fourth-order valence-corrected chi connectivity index (χ4v) is 2.97. The molecule has 0 spiro atoms. The first kappa shape index (κ1) is 14.9. The Labute approximate surface area is 125 Å². The van der Waals surface area contributed by atoms with Crippen molar-refractivity contribution < 1.29 is 0 Å². The summed E-state index contributed by atoms with van der Waals surface area (Å²) in [6.45, 7) is 10.2. The summed E-state index contributed by atoms with van der Waals surface area (Å²) in [6, 6.07) is 7.19. The Morgan fingerprint density at radius 2 is 2.11 bits per heavy atom. The molecule has 1 aliphatic heterocycles. The summed E-state index contributed by atoms with van der Waals surface area (Å²) in [5, 5.41) is 3.63. The number of nitrogens with one attached hydrogen (secondary N) is 1. The molecule has 0 saturated carbocycles. The number of rotatable bonds is 6. The van der Waals surface area contributed by atoms with E-state index in [9.17, 15) is 0 Å². The summed E-state index contributed by atoms with van der Waals surface area (Å²) in [5.41, 5.74) is 2.89. The first-order valence-electron chi connectivity index (χ1n) is 7.33. The monoisotopic (exact) mass is 324 g/mol. The summed E-state index contributed by atoms with van der Waals surface area (Å²) < 4.78 is 1.18. The van der Waals surface area contributed by atoms with Crippen LogP contribution in [0.5, 0.6) is 0 Å². The molecule has 1 atom stereocenters. The lowest BCUT2D eigenvalue weighted by atomic mass is 10.1. The number of hydrogen-bond donors (Lipinski definition) is 1. The van der Waals surface area contributed by atoms with Gasteiger partial charge in [0.05, 0.1) is 0 Å². The van der Waals surface area contributed by atoms with Crippen LogP contribution >= 0.6 is 15.9 Å². The highest BCUT2D eigenvalue weighted by atomic mass is 79.9. The molecule has 0 bridgehead atoms. The van der Waals surface area contributed by atoms with Crippen molar-refractivity contribution in [3.8, 4) is 0 Å². The highest BCUT2D eigenvalue weighted by Crippen LogP contribution is 2.30. The molecule has 1 aromatic carbocycles. The van der Waals surface area contributed by atoms with Crippen molar-refractivity contribution >= 4 is 21.6 Å². The van der Waals surface area contributed by atoms with E-state index in [0.717, 1.165) is 25.6 Å². The van der Waals surface area contributed by atoms with Gasteiger partial charge in [0, 0.05) is 29.3 Å². The normalized spacial score (nSPS) is 15.9. The van der Waals surface area contributed by atoms with Gasteiger partial charge in [-0.1, -0.05) is 35.8 Å². The second-order valence-electron chi connectivity index (χ2n) is 6.01. The fraction of sp³-hybridized carbons (Fsp3) is 0.625. The van der Waals surface area contributed by atoms with Crippen molar-refractivity contribution in [1.82, 2.24) is 5.32 Å². The van der Waals surface area contributed by atoms with Crippen LogP contribution in [0.15, 0.2) is 22.7 Å². The van der Waals surface area contributed by atoms with Gasteiger partial charge in [0.25, 0.3) is 0 Å². The zero-order chi connectivity index (χ0) is 13.8. The molecule has 0 unspecified atom stereocenters. The van der Waals surface area contributed by atoms with Crippen LogP contribution in [-0.2, 0) is 6.42 Å². The van der Waals surface area contributed by atoms with Gasteiger partial charge < -0.3 is 10.2 Å². The average molecular weight is 325 g/mol. The van der Waals surface area contributed by atoms with Crippen molar-refractivity contribution in [2.24, 2.45) is 5.92 Å². The second-order valence-corrected chi connectivity index (χ2v) is 6.92. The van der Waals surface area contributed by atoms with Gasteiger partial charge in [0.1, 0.15) is 0 Å². The smallest absolute Gasteiger partial charge is 0.0411 e. The highest BCUT2D eigenvalue weighted by Gasteiger charge is 2.20. The molecule has 0 aromatic heterocycles. The van der Waals surface area contributed by atoms with Gasteiger partial charge in [0.15, 0.2) is 0 Å². The summed E-state index contributed by atoms with van der Waals surface area (Å²) in [5.74, 6) is 0.781. The largest absolute Gasteiger partial charge is 0.369 e. The maximum Gasteiger partial charge on any atom is 0.0411 e. The molecule has 1 heterocycles. The lowest BCUT2D eigenvalue weighted by molar-refractivity contribution is 0.484. The molecule has 0 aliphatic carbocycles. The lowest BCUT2D eigenvalue weighted by Crippen LogP contribution is -2.39. The molecule has 2 nitrogen and oxygen atoms in total. The number of anilines is 1. The van der Waals surface area contributed by atoms with Gasteiger partial charge in [-0.05, 0) is 49.9 Å². The van der Waals surface area contributed by atoms with Gasteiger partial charge in [-0.2, -0.15) is 0 Å². The van der Waals surface area contributed by atoms with E-state index in [0.29, 0.717) is 6.04 Å². The Balaban J connectivity index is 1.86. The van der Waals surface area contributed by atoms with E-state index in [1.807, 2.05) is 0 Å². The topological polar surface area (TPSA) is 15.3 Å². The Hall–Kier alpha value is -0.540. The molecular formula is C16H25BrN2. The molecule has 0 saturated heterocycles. The third-order valence-electron chi connectivity index (χ3n) is 3.75. The number of fused-ring (bicyclic) bond motifs is 1. The number of halogens is 1. The molecule has 3 heteroatoms. The summed E-state index contributed by atoms with van der Waals surface area (Å²) in [7, 11) is 0. The third kappa shape index (κ3) is 4.22. The zero-order valence-electron chi connectivity index (χ0n) is 12.2. The minimum atomic E-state index is 0.545. The molecule has 19 heavy (non-hydrogen) atoms. The predicted octanol–water partition coefficient (Wildman–Crippen LogP) is 3.84. The van der Waals surface area contributed by atoms with Gasteiger partial charge >= 0.3 is 0 Å². The Morgan fingerprint density at radius 1 is 1.32 bits per heavy atom. The van der Waals surface area contributed by atoms with Crippen LogP contribution in [0.4, 0.5) is 5.69 Å². The zero-order valence-corrected chi connectivity index (χ0v) is 13.8. The van der Waals surface area contributed by atoms with Crippen LogP contribution in [0.1, 0.15) is 32.8 Å². The van der Waals surface area contributed by atoms with Crippen molar-refractivity contribution in [3.05, 3.63) is 28.2 Å². The molecule has 0 fully saturated rings. The van der Waals surface area contributed by atoms with Crippen LogP contribution < -0.4 is 10.2 Å². The maximum atomic E-state index is 3.63. The van der Waals surface area contributed by atoms with Crippen molar-refractivity contribution in [3.63, 3.8) is 0 Å². The van der Waals surface area contributed by atoms with E-state index in [1.165, 1.54) is 28.6 Å². The lowest BCUT2D eigenvalue weighted by Gasteiger charge is -2.25. The molecule has 1 N–H and O–H groups in total. The summed E-state index contributed by atoms with van der Waals surface area (Å²) in [4.78, 5) is 2.51. The standard InChI is InChI=1S/C16H25BrN2/c1-12(2)6-8-18-13(3)11-19-9-7-14-4-5-15(17)10-16(14)19/h4-5,10,12-13,18H,6-9,11H2,1-3H3/t13-/m0/s1. The number of hydrogen-bond acceptors (Lipinski definition) is 2. The van der Waals surface area contributed by atoms with Crippen LogP contribution in [0.2, 0.25) is 0 Å². The highest BCUT2D eigenvalue weighted by molar-refractivity contribution is 9.10. The van der Waals surface area contributed by atoms with Crippen LogP contribution in [-0.4, -0.2) is 25.7 Å². The second kappa shape index (κ2) is 6.76. The average Bonchev–Trinajstić information content (AvgIpc) is 2.71. The van der Waals surface area contributed by atoms with Gasteiger partial charge in [-0.15, -0.1) is 0 Å². The van der Waals surface area contributed by atoms with Crippen LogP contribution in [0.25, 0.3) is 0 Å². The van der Waals surface area contributed by atoms with E-state index in [-0.39, 0.29) is 0 Å². The number of nitrogens with zero attached hydrogens (tertiary/aromatic N) is 1. The molecule has 1 aromatic rings. The van der Waals surface area contributed by atoms with Gasteiger partial charge in [-0.3, -0.25) is 0 Å². The summed E-state index contributed by atoms with van der Waals surface area (Å²) >= 11 is 3.57. The SMILES string of the molecule is CC(C)CCN[C@@H](C)CN1CCc2ccc(Br)cc21. The van der Waals surface area contributed by atoms with Crippen LogP contribution in [0.3, 0.4) is 0 Å². The quantitative estimate of drug-likeness (QED) is 0.855. The first-order chi connectivity index (χ1) is 9.06. The Morgan fingerprint density at radius 3 is 2.84 bits per heavy atom. The predicted molar refractivity (Wildman–Crippen MR) is 87.0 cm³/mol. The minimum Gasteiger partial charge on any atom is -0.369 e. The molecule has 1 aliphatic rings. The molecule has 0 amide bonds. The first-order valence-corrected chi connectivity index (χ1v) is 8.12. The van der Waals surface area contributed by atoms with Crippen molar-refractivity contribution in [2.45, 2.75) is 39.7 Å². The minimum absolute atomic E-state index is 0.545. The van der Waals surface area contributed by atoms with Gasteiger partial charge in [0.2, 0.25) is 0 Å². The fourth-order valence-electron chi connectivity index (χ4n) is 2.62. The number of benzene rings is 1. The Bertz CT molecular complexity index is 417. The maximum absolute atomic E-state index is 3.63.